The molecular formula is C22H18F3N3O5S3. The van der Waals surface area contributed by atoms with Gasteiger partial charge in [-0.3, -0.25) is 10.2 Å². The van der Waals surface area contributed by atoms with Crippen LogP contribution in [0.25, 0.3) is 11.1 Å². The summed E-state index contributed by atoms with van der Waals surface area (Å²) in [4.78, 5) is 23.2. The number of ether oxygens (including phenoxy) is 1. The summed E-state index contributed by atoms with van der Waals surface area (Å²) in [7, 11) is -4.01. The van der Waals surface area contributed by atoms with Gasteiger partial charge in [0, 0.05) is 11.3 Å². The van der Waals surface area contributed by atoms with E-state index in [1.807, 2.05) is 0 Å². The zero-order chi connectivity index (χ0) is 26.7. The molecule has 0 radical (unpaired) electrons. The first kappa shape index (κ1) is 27.2. The number of benzene rings is 2. The largest absolute Gasteiger partial charge is 0.490 e. The van der Waals surface area contributed by atoms with E-state index in [1.165, 1.54) is 42.1 Å². The van der Waals surface area contributed by atoms with E-state index in [9.17, 15) is 31.2 Å². The maximum Gasteiger partial charge on any atom is 0.490 e. The van der Waals surface area contributed by atoms with Gasteiger partial charge >= 0.3 is 12.1 Å². The molecule has 36 heavy (non-hydrogen) atoms. The molecule has 0 bridgehead atoms. The Balaban J connectivity index is 1.92. The predicted molar refractivity (Wildman–Crippen MR) is 130 cm³/mol. The third-order valence-electron chi connectivity index (χ3n) is 4.63. The average molecular weight is 558 g/mol. The smallest absolute Gasteiger partial charge is 0.449 e. The van der Waals surface area contributed by atoms with Crippen LogP contribution in [0.5, 0.6) is 0 Å². The summed E-state index contributed by atoms with van der Waals surface area (Å²) in [5, 5.41) is 9.97. The third kappa shape index (κ3) is 6.06. The molecular weight excluding hydrogens is 539 g/mol. The lowest BCUT2D eigenvalue weighted by molar-refractivity contribution is -0.199. The molecule has 0 aliphatic carbocycles. The van der Waals surface area contributed by atoms with E-state index in [-0.39, 0.29) is 21.3 Å². The number of amidine groups is 1. The molecule has 0 fully saturated rings. The number of amides is 1. The van der Waals surface area contributed by atoms with Crippen molar-refractivity contribution in [3.05, 3.63) is 59.5 Å². The van der Waals surface area contributed by atoms with Crippen molar-refractivity contribution in [2.24, 2.45) is 5.73 Å². The molecule has 4 N–H and O–H groups in total. The van der Waals surface area contributed by atoms with Crippen molar-refractivity contribution in [1.82, 2.24) is 0 Å². The van der Waals surface area contributed by atoms with Crippen LogP contribution < -0.4 is 11.1 Å². The van der Waals surface area contributed by atoms with E-state index >= 15 is 0 Å². The standard InChI is InChI=1S/C22H18F3N3O5S3/c1-34-20-17(10-16(35-20)19(26)27)36(31,32)13-6-4-5-12(9-13)14-7-2-3-8-15(14)28-18(29)11-33-21(30)22(23,24)25/h2-10H,11H2,1H3,(H3,26,27)(H,28,29). The molecule has 0 unspecified atom stereocenters. The number of hydrogen-bond donors (Lipinski definition) is 3. The number of alkyl halides is 3. The molecule has 3 rings (SSSR count). The number of carbonyl (C=O) groups excluding carboxylic acids is 2. The van der Waals surface area contributed by atoms with Gasteiger partial charge in [0.25, 0.3) is 5.91 Å². The minimum absolute atomic E-state index is 0.00965. The van der Waals surface area contributed by atoms with Crippen molar-refractivity contribution >= 4 is 56.3 Å². The van der Waals surface area contributed by atoms with Crippen LogP contribution in [0.1, 0.15) is 4.88 Å². The number of thiophene rings is 1. The number of para-hydroxylation sites is 1. The van der Waals surface area contributed by atoms with Gasteiger partial charge in [0.1, 0.15) is 5.84 Å². The second kappa shape index (κ2) is 10.7. The number of rotatable bonds is 8. The molecule has 0 aliphatic heterocycles. The fraction of sp³-hybridized carbons (Fsp3) is 0.136. The van der Waals surface area contributed by atoms with E-state index in [0.29, 0.717) is 20.2 Å². The quantitative estimate of drug-likeness (QED) is 0.162. The Bertz CT molecular complexity index is 1440. The molecule has 8 nitrogen and oxygen atoms in total. The monoisotopic (exact) mass is 557 g/mol. The van der Waals surface area contributed by atoms with Gasteiger partial charge in [0.15, 0.2) is 6.61 Å². The summed E-state index contributed by atoms with van der Waals surface area (Å²) < 4.78 is 68.1. The number of anilines is 1. The number of sulfone groups is 1. The van der Waals surface area contributed by atoms with Crippen LogP contribution in [0.4, 0.5) is 18.9 Å². The molecule has 1 aromatic heterocycles. The molecule has 190 valence electrons. The van der Waals surface area contributed by atoms with Crippen LogP contribution in [0.3, 0.4) is 0 Å². The molecule has 2 aromatic carbocycles. The SMILES string of the molecule is CSc1sc(C(=N)N)cc1S(=O)(=O)c1cccc(-c2ccccc2NC(=O)COC(=O)C(F)(F)F)c1. The molecule has 14 heteroatoms. The van der Waals surface area contributed by atoms with Gasteiger partial charge in [-0.2, -0.15) is 13.2 Å². The highest BCUT2D eigenvalue weighted by molar-refractivity contribution is 8.01. The van der Waals surface area contributed by atoms with Crippen LogP contribution in [-0.4, -0.2) is 45.2 Å². The van der Waals surface area contributed by atoms with Crippen molar-refractivity contribution in [3.63, 3.8) is 0 Å². The van der Waals surface area contributed by atoms with Gasteiger partial charge in [-0.25, -0.2) is 13.2 Å². The molecule has 0 spiro atoms. The van der Waals surface area contributed by atoms with Crippen LogP contribution in [-0.2, 0) is 24.2 Å². The van der Waals surface area contributed by atoms with E-state index in [0.717, 1.165) is 11.3 Å². The maximum absolute atomic E-state index is 13.4. The fourth-order valence-electron chi connectivity index (χ4n) is 3.02. The molecule has 0 saturated carbocycles. The maximum atomic E-state index is 13.4. The first-order valence-electron chi connectivity index (χ1n) is 9.85. The summed E-state index contributed by atoms with van der Waals surface area (Å²) >= 11 is 2.29. The van der Waals surface area contributed by atoms with Crippen molar-refractivity contribution in [1.29, 1.82) is 5.41 Å². The highest BCUT2D eigenvalue weighted by Gasteiger charge is 2.41. The number of halogens is 3. The normalized spacial score (nSPS) is 11.7. The number of thioether (sulfide) groups is 1. The topological polar surface area (TPSA) is 139 Å². The van der Waals surface area contributed by atoms with E-state index in [2.05, 4.69) is 10.1 Å². The molecule has 0 saturated heterocycles. The van der Waals surface area contributed by atoms with E-state index in [1.54, 1.807) is 30.5 Å². The second-order valence-electron chi connectivity index (χ2n) is 7.08. The summed E-state index contributed by atoms with van der Waals surface area (Å²) in [5.74, 6) is -3.76. The fourth-order valence-corrected chi connectivity index (χ4v) is 6.92. The Hall–Kier alpha value is -3.36. The van der Waals surface area contributed by atoms with Gasteiger partial charge in [0.05, 0.1) is 18.9 Å². The van der Waals surface area contributed by atoms with E-state index < -0.39 is 34.5 Å². The van der Waals surface area contributed by atoms with Crippen LogP contribution >= 0.6 is 23.1 Å². The van der Waals surface area contributed by atoms with Crippen molar-refractivity contribution in [2.45, 2.75) is 20.2 Å². The van der Waals surface area contributed by atoms with E-state index in [4.69, 9.17) is 11.1 Å². The molecule has 3 aromatic rings. The Kier molecular flexibility index (Phi) is 8.11. The van der Waals surface area contributed by atoms with Gasteiger partial charge in [-0.05, 0) is 36.1 Å². The summed E-state index contributed by atoms with van der Waals surface area (Å²) in [6.45, 7) is -1.16. The first-order valence-corrected chi connectivity index (χ1v) is 13.4. The average Bonchev–Trinajstić information content (AvgIpc) is 3.28. The Labute approximate surface area is 212 Å². The highest BCUT2D eigenvalue weighted by Crippen LogP contribution is 2.38. The minimum Gasteiger partial charge on any atom is -0.449 e. The third-order valence-corrected chi connectivity index (χ3v) is 8.97. The summed E-state index contributed by atoms with van der Waals surface area (Å²) in [6, 6.07) is 13.4. The van der Waals surface area contributed by atoms with Gasteiger partial charge < -0.3 is 15.8 Å². The zero-order valence-electron chi connectivity index (χ0n) is 18.4. The van der Waals surface area contributed by atoms with Gasteiger partial charge in [-0.15, -0.1) is 23.1 Å². The molecule has 0 atom stereocenters. The molecule has 1 heterocycles. The Morgan fingerprint density at radius 2 is 1.83 bits per heavy atom. The summed E-state index contributed by atoms with van der Waals surface area (Å²) in [6.07, 6.45) is -3.52. The van der Waals surface area contributed by atoms with Crippen LogP contribution in [0.15, 0.2) is 68.6 Å². The van der Waals surface area contributed by atoms with Crippen molar-refractivity contribution in [2.75, 3.05) is 18.2 Å². The second-order valence-corrected chi connectivity index (χ2v) is 11.1. The summed E-state index contributed by atoms with van der Waals surface area (Å²) in [5.41, 5.74) is 6.46. The van der Waals surface area contributed by atoms with Gasteiger partial charge in [0.2, 0.25) is 9.84 Å². The molecule has 1 amide bonds. The highest BCUT2D eigenvalue weighted by atomic mass is 32.2. The Morgan fingerprint density at radius 3 is 2.47 bits per heavy atom. The van der Waals surface area contributed by atoms with Crippen LogP contribution in [0, 0.1) is 5.41 Å². The zero-order valence-corrected chi connectivity index (χ0v) is 20.8. The number of esters is 1. The minimum atomic E-state index is -5.23. The lowest BCUT2D eigenvalue weighted by Gasteiger charge is -2.13. The lowest BCUT2D eigenvalue weighted by atomic mass is 10.0. The lowest BCUT2D eigenvalue weighted by Crippen LogP contribution is -2.29. The number of carbonyl (C=O) groups is 2. The van der Waals surface area contributed by atoms with Crippen molar-refractivity contribution < 1.29 is 35.9 Å². The first-order chi connectivity index (χ1) is 16.8. The predicted octanol–water partition coefficient (Wildman–Crippen LogP) is 4.30. The number of nitrogens with one attached hydrogen (secondary N) is 2. The molecule has 0 aliphatic rings. The number of hydrogen-bond acceptors (Lipinski definition) is 8. The van der Waals surface area contributed by atoms with Crippen LogP contribution in [0.2, 0.25) is 0 Å². The number of nitrogen functional groups attached to an aromatic ring is 1. The Morgan fingerprint density at radius 1 is 1.14 bits per heavy atom. The number of nitrogens with two attached hydrogens (primary N) is 1. The van der Waals surface area contributed by atoms with Gasteiger partial charge in [-0.1, -0.05) is 30.3 Å². The van der Waals surface area contributed by atoms with Crippen molar-refractivity contribution in [3.8, 4) is 11.1 Å².